The SMILES string of the molecule is CCCC[C@H](NC(=O)[C@H](CC(C)C)NC(=O)c1cc(F)cc(F)c1)C(=O)CSCc1ccco1. The van der Waals surface area contributed by atoms with Crippen LogP contribution in [0.1, 0.15) is 62.6 Å². The molecule has 2 rings (SSSR count). The lowest BCUT2D eigenvalue weighted by molar-refractivity contribution is -0.128. The summed E-state index contributed by atoms with van der Waals surface area (Å²) in [6.07, 6.45) is 3.97. The molecule has 9 heteroatoms. The summed E-state index contributed by atoms with van der Waals surface area (Å²) in [6.45, 7) is 5.77. The molecule has 2 amide bonds. The van der Waals surface area contributed by atoms with E-state index in [1.54, 1.807) is 12.3 Å². The van der Waals surface area contributed by atoms with Crippen LogP contribution < -0.4 is 10.6 Å². The van der Waals surface area contributed by atoms with Gasteiger partial charge in [0.15, 0.2) is 5.78 Å². The fourth-order valence-electron chi connectivity index (χ4n) is 3.37. The maximum absolute atomic E-state index is 13.5. The molecule has 0 unspecified atom stereocenters. The summed E-state index contributed by atoms with van der Waals surface area (Å²) in [7, 11) is 0. The van der Waals surface area contributed by atoms with Gasteiger partial charge in [-0.15, -0.1) is 11.8 Å². The van der Waals surface area contributed by atoms with Crippen molar-refractivity contribution in [3.8, 4) is 0 Å². The van der Waals surface area contributed by atoms with Crippen LogP contribution in [0.2, 0.25) is 0 Å². The predicted molar refractivity (Wildman–Crippen MR) is 128 cm³/mol. The van der Waals surface area contributed by atoms with E-state index in [4.69, 9.17) is 4.42 Å². The van der Waals surface area contributed by atoms with E-state index in [1.165, 1.54) is 11.8 Å². The summed E-state index contributed by atoms with van der Waals surface area (Å²) in [5, 5.41) is 5.36. The van der Waals surface area contributed by atoms with Crippen molar-refractivity contribution in [2.75, 3.05) is 5.75 Å². The Morgan fingerprint density at radius 1 is 1.06 bits per heavy atom. The minimum Gasteiger partial charge on any atom is -0.468 e. The maximum Gasteiger partial charge on any atom is 0.252 e. The van der Waals surface area contributed by atoms with Gasteiger partial charge in [-0.1, -0.05) is 33.6 Å². The first-order chi connectivity index (χ1) is 16.2. The van der Waals surface area contributed by atoms with Gasteiger partial charge in [0.05, 0.1) is 23.8 Å². The molecule has 1 aromatic carbocycles. The first-order valence-corrected chi connectivity index (χ1v) is 12.5. The molecule has 1 aromatic heterocycles. The highest BCUT2D eigenvalue weighted by molar-refractivity contribution is 7.99. The van der Waals surface area contributed by atoms with E-state index in [1.807, 2.05) is 26.8 Å². The van der Waals surface area contributed by atoms with E-state index in [-0.39, 0.29) is 23.0 Å². The molecule has 2 atom stereocenters. The predicted octanol–water partition coefficient (Wildman–Crippen LogP) is 4.88. The normalized spacial score (nSPS) is 12.9. The molecule has 0 aliphatic carbocycles. The summed E-state index contributed by atoms with van der Waals surface area (Å²) >= 11 is 1.40. The van der Waals surface area contributed by atoms with Gasteiger partial charge in [0.2, 0.25) is 5.91 Å². The van der Waals surface area contributed by atoms with Crippen LogP contribution in [0.25, 0.3) is 0 Å². The topological polar surface area (TPSA) is 88.4 Å². The Hall–Kier alpha value is -2.68. The summed E-state index contributed by atoms with van der Waals surface area (Å²) in [5.74, 6) is -1.56. The molecule has 0 saturated heterocycles. The Balaban J connectivity index is 2.05. The lowest BCUT2D eigenvalue weighted by Gasteiger charge is -2.24. The van der Waals surface area contributed by atoms with Crippen LogP contribution in [0, 0.1) is 17.6 Å². The Kier molecular flexibility index (Phi) is 11.3. The summed E-state index contributed by atoms with van der Waals surface area (Å²) in [5.41, 5.74) is -0.216. The lowest BCUT2D eigenvalue weighted by atomic mass is 10.0. The van der Waals surface area contributed by atoms with Crippen molar-refractivity contribution in [1.82, 2.24) is 10.6 Å². The zero-order chi connectivity index (χ0) is 25.1. The number of unbranched alkanes of at least 4 members (excludes halogenated alkanes) is 1. The van der Waals surface area contributed by atoms with Crippen molar-refractivity contribution in [3.63, 3.8) is 0 Å². The number of ketones is 1. The van der Waals surface area contributed by atoms with Crippen molar-refractivity contribution in [1.29, 1.82) is 0 Å². The second-order valence-electron chi connectivity index (χ2n) is 8.56. The van der Waals surface area contributed by atoms with Gasteiger partial charge >= 0.3 is 0 Å². The fraction of sp³-hybridized carbons (Fsp3) is 0.480. The van der Waals surface area contributed by atoms with E-state index in [0.717, 1.165) is 30.7 Å². The molecule has 0 fully saturated rings. The van der Waals surface area contributed by atoms with Gasteiger partial charge in [0.1, 0.15) is 23.4 Å². The smallest absolute Gasteiger partial charge is 0.252 e. The number of halogens is 2. The first kappa shape index (κ1) is 27.6. The molecular weight excluding hydrogens is 462 g/mol. The Labute approximate surface area is 203 Å². The molecule has 0 radical (unpaired) electrons. The number of amides is 2. The number of nitrogens with one attached hydrogen (secondary N) is 2. The molecule has 2 aromatic rings. The second kappa shape index (κ2) is 13.9. The monoisotopic (exact) mass is 494 g/mol. The van der Waals surface area contributed by atoms with Crippen LogP contribution in [0.4, 0.5) is 8.78 Å². The molecule has 1 heterocycles. The van der Waals surface area contributed by atoms with Crippen LogP contribution in [-0.2, 0) is 15.3 Å². The number of rotatable bonds is 14. The van der Waals surface area contributed by atoms with E-state index in [0.29, 0.717) is 24.7 Å². The minimum absolute atomic E-state index is 0.0499. The van der Waals surface area contributed by atoms with Gasteiger partial charge in [-0.05, 0) is 43.0 Å². The zero-order valence-corrected chi connectivity index (χ0v) is 20.6. The summed E-state index contributed by atoms with van der Waals surface area (Å²) < 4.78 is 32.3. The minimum atomic E-state index is -0.952. The van der Waals surface area contributed by atoms with Crippen molar-refractivity contribution < 1.29 is 27.6 Å². The standard InChI is InChI=1S/C25H32F2N2O4S/c1-4-5-8-21(23(30)15-34-14-20-7-6-9-33-20)28-25(32)22(10-16(2)3)29-24(31)17-11-18(26)13-19(27)12-17/h6-7,9,11-13,16,21-22H,4-5,8,10,14-15H2,1-3H3,(H,28,32)(H,29,31)/t21-,22-/m0/s1. The lowest BCUT2D eigenvalue weighted by Crippen LogP contribution is -2.52. The summed E-state index contributed by atoms with van der Waals surface area (Å²) in [6, 6.07) is 4.46. The third-order valence-corrected chi connectivity index (χ3v) is 6.05. The highest BCUT2D eigenvalue weighted by Gasteiger charge is 2.27. The van der Waals surface area contributed by atoms with Gasteiger partial charge < -0.3 is 15.1 Å². The largest absolute Gasteiger partial charge is 0.468 e. The molecule has 0 aliphatic heterocycles. The fourth-order valence-corrected chi connectivity index (χ4v) is 4.24. The Morgan fingerprint density at radius 2 is 1.76 bits per heavy atom. The maximum atomic E-state index is 13.5. The van der Waals surface area contributed by atoms with Crippen LogP contribution in [0.3, 0.4) is 0 Å². The third-order valence-electron chi connectivity index (χ3n) is 5.07. The van der Waals surface area contributed by atoms with Gasteiger partial charge in [-0.25, -0.2) is 8.78 Å². The van der Waals surface area contributed by atoms with E-state index in [9.17, 15) is 23.2 Å². The number of hydrogen-bond acceptors (Lipinski definition) is 5. The number of carbonyl (C=O) groups is 3. The Morgan fingerprint density at radius 3 is 2.35 bits per heavy atom. The third kappa shape index (κ3) is 9.29. The van der Waals surface area contributed by atoms with Crippen LogP contribution in [-0.4, -0.2) is 35.4 Å². The van der Waals surface area contributed by atoms with Crippen molar-refractivity contribution in [2.24, 2.45) is 5.92 Å². The number of carbonyl (C=O) groups excluding carboxylic acids is 3. The molecule has 0 spiro atoms. The van der Waals surface area contributed by atoms with Crippen LogP contribution in [0.5, 0.6) is 0 Å². The molecule has 0 saturated carbocycles. The molecule has 6 nitrogen and oxygen atoms in total. The summed E-state index contributed by atoms with van der Waals surface area (Å²) in [4.78, 5) is 38.5. The highest BCUT2D eigenvalue weighted by Crippen LogP contribution is 2.15. The molecular formula is C25H32F2N2O4S. The van der Waals surface area contributed by atoms with E-state index < -0.39 is 35.5 Å². The number of hydrogen-bond donors (Lipinski definition) is 2. The van der Waals surface area contributed by atoms with Crippen molar-refractivity contribution in [2.45, 2.75) is 64.3 Å². The average molecular weight is 495 g/mol. The number of benzene rings is 1. The first-order valence-electron chi connectivity index (χ1n) is 11.4. The van der Waals surface area contributed by atoms with E-state index in [2.05, 4.69) is 10.6 Å². The molecule has 186 valence electrons. The molecule has 2 N–H and O–H groups in total. The quantitative estimate of drug-likeness (QED) is 0.391. The average Bonchev–Trinajstić information content (AvgIpc) is 3.28. The molecule has 34 heavy (non-hydrogen) atoms. The second-order valence-corrected chi connectivity index (χ2v) is 9.54. The number of Topliss-reactive ketones (excluding diaryl/α,β-unsaturated/α-hetero) is 1. The van der Waals surface area contributed by atoms with Crippen LogP contribution in [0.15, 0.2) is 41.0 Å². The number of furan rings is 1. The van der Waals surface area contributed by atoms with Crippen molar-refractivity contribution >= 4 is 29.4 Å². The Bertz CT molecular complexity index is 930. The van der Waals surface area contributed by atoms with Gasteiger partial charge in [-0.3, -0.25) is 14.4 Å². The molecule has 0 aliphatic rings. The van der Waals surface area contributed by atoms with E-state index >= 15 is 0 Å². The highest BCUT2D eigenvalue weighted by atomic mass is 32.2. The van der Waals surface area contributed by atoms with Crippen molar-refractivity contribution in [3.05, 3.63) is 59.6 Å². The van der Waals surface area contributed by atoms with Gasteiger partial charge in [0, 0.05) is 11.6 Å². The zero-order valence-electron chi connectivity index (χ0n) is 19.7. The molecule has 0 bridgehead atoms. The van der Waals surface area contributed by atoms with Gasteiger partial charge in [0.25, 0.3) is 5.91 Å². The van der Waals surface area contributed by atoms with Crippen LogP contribution >= 0.6 is 11.8 Å². The number of thioether (sulfide) groups is 1. The van der Waals surface area contributed by atoms with Gasteiger partial charge in [-0.2, -0.15) is 0 Å².